The fourth-order valence-electron chi connectivity index (χ4n) is 3.01. The second-order valence-corrected chi connectivity index (χ2v) is 7.43. The lowest BCUT2D eigenvalue weighted by Crippen LogP contribution is -2.24. The zero-order valence-electron chi connectivity index (χ0n) is 15.0. The molecule has 0 bridgehead atoms. The average Bonchev–Trinajstić information content (AvgIpc) is 3.18. The molecule has 4 rings (SSSR count). The van der Waals surface area contributed by atoms with Crippen LogP contribution in [-0.2, 0) is 11.3 Å². The highest BCUT2D eigenvalue weighted by Gasteiger charge is 2.18. The van der Waals surface area contributed by atoms with Gasteiger partial charge in [0.1, 0.15) is 6.54 Å². The molecule has 28 heavy (non-hydrogen) atoms. The fourth-order valence-corrected chi connectivity index (χ4v) is 3.85. The van der Waals surface area contributed by atoms with Crippen molar-refractivity contribution < 1.29 is 9.90 Å². The lowest BCUT2D eigenvalue weighted by molar-refractivity contribution is -0.116. The Morgan fingerprint density at radius 2 is 2.07 bits per heavy atom. The lowest BCUT2D eigenvalue weighted by atomic mass is 10.1. The van der Waals surface area contributed by atoms with E-state index in [0.717, 1.165) is 38.3 Å². The molecule has 1 aliphatic heterocycles. The standard InChI is InChI=1S/C21H17N3O3S/c1-13-5-4-6-15(9-13)23-19(25)12-24-20(26)18(28-21(24)27)10-14-11-22-17-8-3-2-7-16(14)17/h2-11,26H,12H2,1H3,(H,23,25)/b14-10-. The number of benzene rings is 2. The summed E-state index contributed by atoms with van der Waals surface area (Å²) in [7, 11) is 0. The van der Waals surface area contributed by atoms with E-state index in [1.165, 1.54) is 0 Å². The van der Waals surface area contributed by atoms with Gasteiger partial charge in [-0.2, -0.15) is 0 Å². The van der Waals surface area contributed by atoms with E-state index in [4.69, 9.17) is 0 Å². The van der Waals surface area contributed by atoms with Crippen molar-refractivity contribution in [1.29, 1.82) is 0 Å². The molecule has 140 valence electrons. The monoisotopic (exact) mass is 391 g/mol. The van der Waals surface area contributed by atoms with Gasteiger partial charge in [-0.15, -0.1) is 0 Å². The molecule has 7 heteroatoms. The molecule has 0 aliphatic carbocycles. The minimum absolute atomic E-state index is 0.223. The first kappa shape index (κ1) is 17.9. The van der Waals surface area contributed by atoms with Crippen LogP contribution < -0.4 is 10.2 Å². The van der Waals surface area contributed by atoms with Gasteiger partial charge in [-0.3, -0.25) is 19.1 Å². The third-order valence-corrected chi connectivity index (χ3v) is 5.26. The summed E-state index contributed by atoms with van der Waals surface area (Å²) in [5.41, 5.74) is 4.25. The molecule has 0 radical (unpaired) electrons. The number of rotatable bonds is 4. The average molecular weight is 391 g/mol. The van der Waals surface area contributed by atoms with E-state index in [2.05, 4.69) is 10.3 Å². The maximum absolute atomic E-state index is 12.3. The number of anilines is 1. The van der Waals surface area contributed by atoms with E-state index >= 15 is 0 Å². The minimum atomic E-state index is -0.396. The Morgan fingerprint density at radius 3 is 2.89 bits per heavy atom. The van der Waals surface area contributed by atoms with Crippen molar-refractivity contribution >= 4 is 46.5 Å². The van der Waals surface area contributed by atoms with E-state index < -0.39 is 4.87 Å². The van der Waals surface area contributed by atoms with Crippen LogP contribution in [0.15, 0.2) is 58.3 Å². The predicted octanol–water partition coefficient (Wildman–Crippen LogP) is 3.82. The van der Waals surface area contributed by atoms with E-state index in [9.17, 15) is 14.7 Å². The van der Waals surface area contributed by atoms with Crippen molar-refractivity contribution in [3.63, 3.8) is 0 Å². The number of aliphatic imine (C=N–C) groups is 1. The Morgan fingerprint density at radius 1 is 1.25 bits per heavy atom. The predicted molar refractivity (Wildman–Crippen MR) is 113 cm³/mol. The van der Waals surface area contributed by atoms with Gasteiger partial charge in [-0.05, 0) is 36.8 Å². The molecular formula is C21H17N3O3S. The molecule has 2 heterocycles. The lowest BCUT2D eigenvalue weighted by Gasteiger charge is -2.07. The number of hydrogen-bond donors (Lipinski definition) is 2. The number of fused-ring (bicyclic) bond motifs is 1. The Hall–Kier alpha value is -3.45. The maximum Gasteiger partial charge on any atom is 0.311 e. The summed E-state index contributed by atoms with van der Waals surface area (Å²) in [6, 6.07) is 15.0. The zero-order valence-corrected chi connectivity index (χ0v) is 15.9. The van der Waals surface area contributed by atoms with Gasteiger partial charge >= 0.3 is 4.87 Å². The van der Waals surface area contributed by atoms with E-state index in [1.54, 1.807) is 18.4 Å². The van der Waals surface area contributed by atoms with Crippen molar-refractivity contribution in [3.8, 4) is 5.88 Å². The number of para-hydroxylation sites is 1. The van der Waals surface area contributed by atoms with Crippen molar-refractivity contribution in [1.82, 2.24) is 4.57 Å². The van der Waals surface area contributed by atoms with Crippen LogP contribution in [0.3, 0.4) is 0 Å². The summed E-state index contributed by atoms with van der Waals surface area (Å²) >= 11 is 0.893. The van der Waals surface area contributed by atoms with Gasteiger partial charge in [-0.1, -0.05) is 41.7 Å². The number of aromatic hydroxyl groups is 1. The molecule has 0 fully saturated rings. The van der Waals surface area contributed by atoms with Gasteiger partial charge in [0.15, 0.2) is 0 Å². The number of carbonyl (C=O) groups excluding carboxylic acids is 1. The molecule has 0 spiro atoms. The Kier molecular flexibility index (Phi) is 4.67. The number of aromatic nitrogens is 1. The number of amides is 1. The number of nitrogens with one attached hydrogen (secondary N) is 1. The number of allylic oxidation sites excluding steroid dienone is 1. The first-order valence-electron chi connectivity index (χ1n) is 8.65. The van der Waals surface area contributed by atoms with Crippen molar-refractivity contribution in [2.45, 2.75) is 13.5 Å². The number of aryl methyl sites for hydroxylation is 1. The summed E-state index contributed by atoms with van der Waals surface area (Å²) in [6.45, 7) is 1.66. The van der Waals surface area contributed by atoms with Gasteiger partial charge in [0, 0.05) is 23.0 Å². The van der Waals surface area contributed by atoms with Gasteiger partial charge in [0.05, 0.1) is 10.6 Å². The molecule has 2 N–H and O–H groups in total. The molecule has 1 aromatic heterocycles. The number of nitrogens with zero attached hydrogens (tertiary/aromatic N) is 2. The van der Waals surface area contributed by atoms with Gasteiger partial charge < -0.3 is 10.4 Å². The third kappa shape index (κ3) is 3.52. The maximum atomic E-state index is 12.3. The molecule has 2 aromatic carbocycles. The highest BCUT2D eigenvalue weighted by molar-refractivity contribution is 7.10. The Bertz CT molecular complexity index is 1190. The topological polar surface area (TPSA) is 83.7 Å². The smallest absolute Gasteiger partial charge is 0.311 e. The molecule has 1 amide bonds. The third-order valence-electron chi connectivity index (χ3n) is 4.34. The summed E-state index contributed by atoms with van der Waals surface area (Å²) < 4.78 is 1.07. The van der Waals surface area contributed by atoms with Crippen LogP contribution in [0.5, 0.6) is 5.88 Å². The van der Waals surface area contributed by atoms with Crippen LogP contribution >= 0.6 is 11.3 Å². The van der Waals surface area contributed by atoms with E-state index in [0.29, 0.717) is 10.6 Å². The summed E-state index contributed by atoms with van der Waals surface area (Å²) in [5.74, 6) is -0.604. The first-order chi connectivity index (χ1) is 13.5. The Balaban J connectivity index is 1.57. The molecule has 0 saturated carbocycles. The quantitative estimate of drug-likeness (QED) is 0.709. The highest BCUT2D eigenvalue weighted by atomic mass is 32.1. The minimum Gasteiger partial charge on any atom is -0.493 e. The van der Waals surface area contributed by atoms with Crippen LogP contribution in [0.2, 0.25) is 0 Å². The van der Waals surface area contributed by atoms with Crippen LogP contribution in [0.25, 0.3) is 11.6 Å². The zero-order chi connectivity index (χ0) is 19.7. The molecule has 6 nitrogen and oxygen atoms in total. The second-order valence-electron chi connectivity index (χ2n) is 6.43. The summed E-state index contributed by atoms with van der Waals surface area (Å²) in [6.07, 6.45) is 3.41. The highest BCUT2D eigenvalue weighted by Crippen LogP contribution is 2.34. The summed E-state index contributed by atoms with van der Waals surface area (Å²) in [5, 5.41) is 13.2. The molecule has 0 atom stereocenters. The summed E-state index contributed by atoms with van der Waals surface area (Å²) in [4.78, 5) is 28.9. The Labute approximate surface area is 165 Å². The van der Waals surface area contributed by atoms with Crippen LogP contribution in [-0.4, -0.2) is 21.8 Å². The van der Waals surface area contributed by atoms with Gasteiger partial charge in [0.25, 0.3) is 0 Å². The molecule has 1 aliphatic rings. The van der Waals surface area contributed by atoms with Crippen LogP contribution in [0.1, 0.15) is 16.0 Å². The SMILES string of the molecule is Cc1cccc(NC(=O)Cn2c(O)c(/C=C3/C=Nc4ccccc43)sc2=O)c1. The molecule has 3 aromatic rings. The fraction of sp³-hybridized carbons (Fsp3) is 0.0952. The van der Waals surface area contributed by atoms with E-state index in [1.807, 2.05) is 49.4 Å². The van der Waals surface area contributed by atoms with Crippen LogP contribution in [0.4, 0.5) is 11.4 Å². The molecule has 0 unspecified atom stereocenters. The number of hydrogen-bond acceptors (Lipinski definition) is 5. The first-order valence-corrected chi connectivity index (χ1v) is 9.47. The van der Waals surface area contributed by atoms with Crippen molar-refractivity contribution in [2.24, 2.45) is 4.99 Å². The second kappa shape index (κ2) is 7.28. The number of thiazole rings is 1. The largest absolute Gasteiger partial charge is 0.493 e. The molecular weight excluding hydrogens is 374 g/mol. The molecule has 0 saturated heterocycles. The van der Waals surface area contributed by atoms with Gasteiger partial charge in [-0.25, -0.2) is 0 Å². The van der Waals surface area contributed by atoms with Crippen molar-refractivity contribution in [3.05, 3.63) is 74.2 Å². The van der Waals surface area contributed by atoms with Gasteiger partial charge in [0.2, 0.25) is 11.8 Å². The van der Waals surface area contributed by atoms with Crippen molar-refractivity contribution in [2.75, 3.05) is 5.32 Å². The van der Waals surface area contributed by atoms with Crippen LogP contribution in [0, 0.1) is 6.92 Å². The number of carbonyl (C=O) groups is 1. The van der Waals surface area contributed by atoms with E-state index in [-0.39, 0.29) is 18.3 Å². The normalized spacial score (nSPS) is 13.7.